The number of likely N-dealkylation sites (tertiary alicyclic amines) is 1. The number of hydrogen-bond acceptors (Lipinski definition) is 1. The molecule has 4 heteroatoms. The van der Waals surface area contributed by atoms with Crippen molar-refractivity contribution in [1.82, 2.24) is 4.90 Å². The summed E-state index contributed by atoms with van der Waals surface area (Å²) in [6.45, 7) is 0. The molecule has 77 valence electrons. The van der Waals surface area contributed by atoms with E-state index in [0.29, 0.717) is 23.8 Å². The van der Waals surface area contributed by atoms with Crippen molar-refractivity contribution in [3.05, 3.63) is 24.4 Å². The minimum absolute atomic E-state index is 0.409. The molecule has 0 amide bonds. The summed E-state index contributed by atoms with van der Waals surface area (Å²) in [6, 6.07) is 0.818. The molecule has 1 saturated heterocycles. The monoisotopic (exact) mass is 267 g/mol. The molecule has 0 aromatic carbocycles. The Hall–Kier alpha value is 0.314. The van der Waals surface area contributed by atoms with Gasteiger partial charge in [0.2, 0.25) is 0 Å². The third-order valence-corrected chi connectivity index (χ3v) is 3.19. The SMILES string of the molecule is ClCC1CC(CCl)N1[C-]=C/C=C\[CH]=[V]. The Labute approximate surface area is 104 Å². The fourth-order valence-electron chi connectivity index (χ4n) is 1.42. The van der Waals surface area contributed by atoms with Crippen LogP contribution < -0.4 is 0 Å². The first-order valence-corrected chi connectivity index (χ1v) is 6.33. The number of rotatable bonds is 5. The van der Waals surface area contributed by atoms with E-state index >= 15 is 0 Å². The summed E-state index contributed by atoms with van der Waals surface area (Å²) < 4.78 is 1.92. The van der Waals surface area contributed by atoms with Gasteiger partial charge in [-0.3, -0.25) is 0 Å². The average Bonchev–Trinajstić information content (AvgIpc) is 2.17. The van der Waals surface area contributed by atoms with Gasteiger partial charge >= 0.3 is 105 Å². The van der Waals surface area contributed by atoms with Gasteiger partial charge in [0.1, 0.15) is 0 Å². The molecule has 2 atom stereocenters. The van der Waals surface area contributed by atoms with Crippen molar-refractivity contribution in [3.63, 3.8) is 0 Å². The predicted molar refractivity (Wildman–Crippen MR) is 58.5 cm³/mol. The molecule has 1 aliphatic heterocycles. The van der Waals surface area contributed by atoms with Crippen LogP contribution in [0.1, 0.15) is 6.42 Å². The molecule has 1 fully saturated rings. The van der Waals surface area contributed by atoms with Crippen LogP contribution in [0.25, 0.3) is 0 Å². The second-order valence-electron chi connectivity index (χ2n) is 3.09. The number of alkyl halides is 2. The van der Waals surface area contributed by atoms with E-state index in [1.54, 1.807) is 0 Å². The minimum atomic E-state index is 0.409. The zero-order valence-corrected chi connectivity index (χ0v) is 10.6. The number of nitrogens with zero attached hydrogens (tertiary/aromatic N) is 1. The molecule has 0 bridgehead atoms. The summed E-state index contributed by atoms with van der Waals surface area (Å²) in [4.78, 5) is 2.11. The van der Waals surface area contributed by atoms with Gasteiger partial charge in [-0.25, -0.2) is 0 Å². The molecule has 2 unspecified atom stereocenters. The predicted octanol–water partition coefficient (Wildman–Crippen LogP) is 2.13. The molecule has 1 nitrogen and oxygen atoms in total. The van der Waals surface area contributed by atoms with E-state index in [0.717, 1.165) is 6.42 Å². The molecular formula is C10H12Cl2NV-. The maximum absolute atomic E-state index is 5.80. The van der Waals surface area contributed by atoms with Crippen LogP contribution in [0.4, 0.5) is 0 Å². The Morgan fingerprint density at radius 2 is 1.93 bits per heavy atom. The van der Waals surface area contributed by atoms with Crippen molar-refractivity contribution in [2.75, 3.05) is 11.8 Å². The van der Waals surface area contributed by atoms with Gasteiger partial charge in [-0.05, 0) is 0 Å². The second kappa shape index (κ2) is 6.73. The third kappa shape index (κ3) is 3.17. The summed E-state index contributed by atoms with van der Waals surface area (Å²) in [5.41, 5.74) is 0. The summed E-state index contributed by atoms with van der Waals surface area (Å²) in [5.74, 6) is 1.30. The van der Waals surface area contributed by atoms with Crippen molar-refractivity contribution in [3.8, 4) is 0 Å². The first kappa shape index (κ1) is 12.4. The molecule has 0 aromatic rings. The second-order valence-corrected chi connectivity index (χ2v) is 4.17. The molecular weight excluding hydrogens is 256 g/mol. The van der Waals surface area contributed by atoms with Crippen molar-refractivity contribution in [2.24, 2.45) is 0 Å². The van der Waals surface area contributed by atoms with Gasteiger partial charge in [0.05, 0.1) is 0 Å². The van der Waals surface area contributed by atoms with Gasteiger partial charge in [-0.2, -0.15) is 0 Å². The zero-order valence-electron chi connectivity index (χ0n) is 7.74. The van der Waals surface area contributed by atoms with E-state index in [1.165, 1.54) is 0 Å². The van der Waals surface area contributed by atoms with Crippen LogP contribution in [0.3, 0.4) is 0 Å². The molecule has 0 aliphatic carbocycles. The van der Waals surface area contributed by atoms with E-state index in [-0.39, 0.29) is 0 Å². The summed E-state index contributed by atoms with van der Waals surface area (Å²) in [6.07, 6.45) is 10.0. The molecule has 0 spiro atoms. The summed E-state index contributed by atoms with van der Waals surface area (Å²) in [5, 5.41) is 0. The van der Waals surface area contributed by atoms with Gasteiger partial charge in [0.25, 0.3) is 0 Å². The Morgan fingerprint density at radius 1 is 1.29 bits per heavy atom. The van der Waals surface area contributed by atoms with E-state index in [2.05, 4.69) is 28.1 Å². The number of hydrogen-bond donors (Lipinski definition) is 0. The van der Waals surface area contributed by atoms with Crippen LogP contribution in [0, 0.1) is 6.20 Å². The van der Waals surface area contributed by atoms with Crippen LogP contribution in [0.15, 0.2) is 18.2 Å². The van der Waals surface area contributed by atoms with Gasteiger partial charge < -0.3 is 0 Å². The molecule has 0 N–H and O–H groups in total. The molecule has 0 saturated carbocycles. The first-order chi connectivity index (χ1) is 6.83. The average molecular weight is 268 g/mol. The van der Waals surface area contributed by atoms with Gasteiger partial charge in [0.15, 0.2) is 0 Å². The van der Waals surface area contributed by atoms with Crippen molar-refractivity contribution < 1.29 is 17.0 Å². The third-order valence-electron chi connectivity index (χ3n) is 2.20. The normalized spacial score (nSPS) is 27.1. The van der Waals surface area contributed by atoms with Crippen LogP contribution in [0.5, 0.6) is 0 Å². The van der Waals surface area contributed by atoms with Gasteiger partial charge in [-0.15, -0.1) is 0 Å². The van der Waals surface area contributed by atoms with Crippen LogP contribution in [-0.4, -0.2) is 33.5 Å². The van der Waals surface area contributed by atoms with Crippen molar-refractivity contribution in [2.45, 2.75) is 18.5 Å². The Kier molecular flexibility index (Phi) is 5.96. The Balaban J connectivity index is 2.43. The molecule has 14 heavy (non-hydrogen) atoms. The molecule has 0 radical (unpaired) electrons. The van der Waals surface area contributed by atoms with Crippen LogP contribution in [0.2, 0.25) is 0 Å². The molecule has 1 heterocycles. The maximum atomic E-state index is 5.80. The number of halogens is 2. The van der Waals surface area contributed by atoms with Crippen LogP contribution in [-0.2, 0) is 17.0 Å². The topological polar surface area (TPSA) is 3.24 Å². The van der Waals surface area contributed by atoms with E-state index in [9.17, 15) is 0 Å². The molecule has 0 aromatic heterocycles. The van der Waals surface area contributed by atoms with Crippen LogP contribution >= 0.6 is 23.2 Å². The van der Waals surface area contributed by atoms with E-state index in [1.807, 2.05) is 23.0 Å². The molecule has 1 rings (SSSR count). The quantitative estimate of drug-likeness (QED) is 0.419. The Morgan fingerprint density at radius 3 is 2.43 bits per heavy atom. The van der Waals surface area contributed by atoms with Crippen molar-refractivity contribution >= 4 is 27.9 Å². The fourth-order valence-corrected chi connectivity index (χ4v) is 2.13. The standard InChI is InChI=1S/C10H12Cl2N.V/c1-2-3-4-5-13-9(7-11)6-10(13)8-12;/h1-4,9-10H,6-8H2;/q-1;/b3-2-;. The first-order valence-electron chi connectivity index (χ1n) is 4.45. The molecule has 1 aliphatic rings. The fraction of sp³-hybridized carbons (Fsp3) is 0.500. The summed E-state index contributed by atoms with van der Waals surface area (Å²) >= 11 is 14.0. The number of allylic oxidation sites excluding steroid dienone is 3. The summed E-state index contributed by atoms with van der Waals surface area (Å²) in [7, 11) is 0. The van der Waals surface area contributed by atoms with E-state index in [4.69, 9.17) is 23.2 Å². The van der Waals surface area contributed by atoms with Gasteiger partial charge in [-0.1, -0.05) is 0 Å². The zero-order chi connectivity index (χ0) is 10.4. The van der Waals surface area contributed by atoms with Gasteiger partial charge in [0, 0.05) is 0 Å². The van der Waals surface area contributed by atoms with Crippen molar-refractivity contribution in [1.29, 1.82) is 0 Å². The Bertz CT molecular complexity index is 230. The van der Waals surface area contributed by atoms with E-state index < -0.39 is 0 Å².